The number of rotatable bonds is 1. The number of anilines is 2. The first kappa shape index (κ1) is 12.5. The maximum absolute atomic E-state index is 13.7. The molecular formula is C15H14BrFN2. The molecule has 0 fully saturated rings. The van der Waals surface area contributed by atoms with Gasteiger partial charge in [-0.1, -0.05) is 24.3 Å². The average molecular weight is 321 g/mol. The van der Waals surface area contributed by atoms with Crippen LogP contribution >= 0.6 is 15.9 Å². The Balaban J connectivity index is 1.95. The lowest BCUT2D eigenvalue weighted by Gasteiger charge is -2.31. The number of hydrogen-bond donors (Lipinski definition) is 1. The van der Waals surface area contributed by atoms with Crippen LogP contribution in [0.3, 0.4) is 0 Å². The second-order valence-corrected chi connectivity index (χ2v) is 5.62. The van der Waals surface area contributed by atoms with Gasteiger partial charge in [0.1, 0.15) is 5.82 Å². The van der Waals surface area contributed by atoms with Crippen LogP contribution in [0.4, 0.5) is 15.8 Å². The van der Waals surface area contributed by atoms with Crippen LogP contribution in [0.25, 0.3) is 0 Å². The Morgan fingerprint density at radius 2 is 1.89 bits per heavy atom. The van der Waals surface area contributed by atoms with E-state index in [0.717, 1.165) is 25.2 Å². The summed E-state index contributed by atoms with van der Waals surface area (Å²) in [5, 5.41) is 0. The van der Waals surface area contributed by atoms with Gasteiger partial charge in [0.2, 0.25) is 0 Å². The van der Waals surface area contributed by atoms with E-state index in [1.165, 1.54) is 17.2 Å². The van der Waals surface area contributed by atoms with Crippen LogP contribution in [0.2, 0.25) is 0 Å². The normalized spacial score (nSPS) is 14.3. The van der Waals surface area contributed by atoms with Crippen LogP contribution in [0.1, 0.15) is 11.1 Å². The fourth-order valence-electron chi connectivity index (χ4n) is 2.53. The van der Waals surface area contributed by atoms with Gasteiger partial charge in [-0.2, -0.15) is 0 Å². The highest BCUT2D eigenvalue weighted by Gasteiger charge is 2.19. The molecule has 0 radical (unpaired) electrons. The smallest absolute Gasteiger partial charge is 0.139 e. The summed E-state index contributed by atoms with van der Waals surface area (Å²) in [6, 6.07) is 11.5. The number of halogens is 2. The van der Waals surface area contributed by atoms with Crippen molar-refractivity contribution < 1.29 is 4.39 Å². The first-order valence-electron chi connectivity index (χ1n) is 6.21. The fourth-order valence-corrected chi connectivity index (χ4v) is 2.89. The van der Waals surface area contributed by atoms with Crippen molar-refractivity contribution in [3.63, 3.8) is 0 Å². The van der Waals surface area contributed by atoms with Crippen molar-refractivity contribution in [2.24, 2.45) is 0 Å². The second kappa shape index (κ2) is 4.85. The first-order valence-corrected chi connectivity index (χ1v) is 7.00. The van der Waals surface area contributed by atoms with Crippen LogP contribution < -0.4 is 10.6 Å². The molecule has 0 atom stereocenters. The second-order valence-electron chi connectivity index (χ2n) is 4.77. The molecule has 0 aliphatic carbocycles. The molecule has 0 bridgehead atoms. The Labute approximate surface area is 120 Å². The molecule has 0 spiro atoms. The Morgan fingerprint density at radius 1 is 1.16 bits per heavy atom. The van der Waals surface area contributed by atoms with Crippen LogP contribution in [-0.2, 0) is 13.0 Å². The zero-order chi connectivity index (χ0) is 13.4. The third-order valence-electron chi connectivity index (χ3n) is 3.54. The molecule has 0 unspecified atom stereocenters. The zero-order valence-corrected chi connectivity index (χ0v) is 12.0. The molecule has 0 saturated carbocycles. The lowest BCUT2D eigenvalue weighted by Crippen LogP contribution is -2.31. The molecule has 0 aromatic heterocycles. The van der Waals surface area contributed by atoms with E-state index in [1.807, 2.05) is 6.07 Å². The van der Waals surface area contributed by atoms with E-state index in [2.05, 4.69) is 39.0 Å². The summed E-state index contributed by atoms with van der Waals surface area (Å²) in [6.07, 6.45) is 0.966. The van der Waals surface area contributed by atoms with Crippen LogP contribution in [0.15, 0.2) is 40.9 Å². The molecule has 2 aromatic rings. The Morgan fingerprint density at radius 3 is 2.68 bits per heavy atom. The summed E-state index contributed by atoms with van der Waals surface area (Å²) in [5.74, 6) is -0.275. The Kier molecular flexibility index (Phi) is 3.19. The highest BCUT2D eigenvalue weighted by molar-refractivity contribution is 9.10. The number of nitrogens with zero attached hydrogens (tertiary/aromatic N) is 1. The maximum Gasteiger partial charge on any atom is 0.139 e. The molecule has 1 aliphatic heterocycles. The minimum Gasteiger partial charge on any atom is -0.397 e. The Bertz CT molecular complexity index is 628. The standard InChI is InChI=1S/C15H14BrFN2/c16-12-7-14(18)15(8-13(12)17)19-6-5-10-3-1-2-4-11(10)9-19/h1-4,7-8H,5-6,9,18H2. The lowest BCUT2D eigenvalue weighted by molar-refractivity contribution is 0.619. The van der Waals surface area contributed by atoms with Gasteiger partial charge in [0.25, 0.3) is 0 Å². The number of nitrogen functional groups attached to an aromatic ring is 1. The quantitative estimate of drug-likeness (QED) is 0.811. The molecule has 2 N–H and O–H groups in total. The van der Waals surface area contributed by atoms with Gasteiger partial charge in [0, 0.05) is 19.2 Å². The van der Waals surface area contributed by atoms with E-state index in [9.17, 15) is 4.39 Å². The molecule has 1 aliphatic rings. The highest BCUT2D eigenvalue weighted by atomic mass is 79.9. The lowest BCUT2D eigenvalue weighted by atomic mass is 9.99. The number of hydrogen-bond acceptors (Lipinski definition) is 2. The monoisotopic (exact) mass is 320 g/mol. The molecular weight excluding hydrogens is 307 g/mol. The molecule has 19 heavy (non-hydrogen) atoms. The van der Waals surface area contributed by atoms with Crippen molar-refractivity contribution in [2.75, 3.05) is 17.2 Å². The third-order valence-corrected chi connectivity index (χ3v) is 4.15. The van der Waals surface area contributed by atoms with Gasteiger partial charge in [-0.25, -0.2) is 4.39 Å². The first-order chi connectivity index (χ1) is 9.15. The minimum atomic E-state index is -0.275. The van der Waals surface area contributed by atoms with Crippen molar-refractivity contribution in [1.82, 2.24) is 0 Å². The van der Waals surface area contributed by atoms with Crippen molar-refractivity contribution in [2.45, 2.75) is 13.0 Å². The van der Waals surface area contributed by atoms with E-state index in [0.29, 0.717) is 10.2 Å². The molecule has 98 valence electrons. The van der Waals surface area contributed by atoms with Gasteiger partial charge >= 0.3 is 0 Å². The predicted octanol–water partition coefficient (Wildman–Crippen LogP) is 3.73. The van der Waals surface area contributed by atoms with Crippen molar-refractivity contribution in [3.8, 4) is 0 Å². The topological polar surface area (TPSA) is 29.3 Å². The fraction of sp³-hybridized carbons (Fsp3) is 0.200. The summed E-state index contributed by atoms with van der Waals surface area (Å²) >= 11 is 3.16. The summed E-state index contributed by atoms with van der Waals surface area (Å²) in [4.78, 5) is 2.13. The van der Waals surface area contributed by atoms with Crippen molar-refractivity contribution in [1.29, 1.82) is 0 Å². The molecule has 2 aromatic carbocycles. The summed E-state index contributed by atoms with van der Waals surface area (Å²) in [5.41, 5.74) is 10.0. The molecule has 0 amide bonds. The molecule has 1 heterocycles. The van der Waals surface area contributed by atoms with E-state index < -0.39 is 0 Å². The van der Waals surface area contributed by atoms with Gasteiger partial charge in [-0.3, -0.25) is 0 Å². The highest BCUT2D eigenvalue weighted by Crippen LogP contribution is 2.32. The largest absolute Gasteiger partial charge is 0.397 e. The predicted molar refractivity (Wildman–Crippen MR) is 79.7 cm³/mol. The van der Waals surface area contributed by atoms with Crippen LogP contribution in [-0.4, -0.2) is 6.54 Å². The molecule has 2 nitrogen and oxygen atoms in total. The number of benzene rings is 2. The molecule has 0 saturated heterocycles. The molecule has 3 rings (SSSR count). The Hall–Kier alpha value is -1.55. The minimum absolute atomic E-state index is 0.275. The number of fused-ring (bicyclic) bond motifs is 1. The van der Waals surface area contributed by atoms with E-state index >= 15 is 0 Å². The van der Waals surface area contributed by atoms with Gasteiger partial charge < -0.3 is 10.6 Å². The SMILES string of the molecule is Nc1cc(Br)c(F)cc1N1CCc2ccccc2C1. The van der Waals surface area contributed by atoms with Crippen LogP contribution in [0, 0.1) is 5.82 Å². The van der Waals surface area contributed by atoms with Gasteiger partial charge in [-0.05, 0) is 39.5 Å². The zero-order valence-electron chi connectivity index (χ0n) is 10.4. The summed E-state index contributed by atoms with van der Waals surface area (Å²) in [6.45, 7) is 1.64. The van der Waals surface area contributed by atoms with E-state index in [1.54, 1.807) is 6.07 Å². The molecule has 4 heteroatoms. The van der Waals surface area contributed by atoms with Crippen molar-refractivity contribution >= 4 is 27.3 Å². The van der Waals surface area contributed by atoms with E-state index in [-0.39, 0.29) is 5.82 Å². The maximum atomic E-state index is 13.7. The number of nitrogens with two attached hydrogens (primary N) is 1. The van der Waals surface area contributed by atoms with Gasteiger partial charge in [0.05, 0.1) is 15.8 Å². The van der Waals surface area contributed by atoms with Gasteiger partial charge in [0.15, 0.2) is 0 Å². The van der Waals surface area contributed by atoms with E-state index in [4.69, 9.17) is 5.73 Å². The summed E-state index contributed by atoms with van der Waals surface area (Å²) in [7, 11) is 0. The van der Waals surface area contributed by atoms with Gasteiger partial charge in [-0.15, -0.1) is 0 Å². The van der Waals surface area contributed by atoms with Crippen LogP contribution in [0.5, 0.6) is 0 Å². The van der Waals surface area contributed by atoms with Crippen molar-refractivity contribution in [3.05, 3.63) is 57.8 Å². The summed E-state index contributed by atoms with van der Waals surface area (Å²) < 4.78 is 14.1. The average Bonchev–Trinajstić information content (AvgIpc) is 2.42. The third kappa shape index (κ3) is 2.32.